The van der Waals surface area contributed by atoms with Gasteiger partial charge in [-0.2, -0.15) is 0 Å². The van der Waals surface area contributed by atoms with Crippen LogP contribution in [0.25, 0.3) is 0 Å². The summed E-state index contributed by atoms with van der Waals surface area (Å²) in [5.41, 5.74) is 8.24. The number of hydrogen-bond donors (Lipinski definition) is 2. The topological polar surface area (TPSA) is 67.6 Å². The van der Waals surface area contributed by atoms with Crippen molar-refractivity contribution in [3.05, 3.63) is 46.8 Å². The fourth-order valence-electron chi connectivity index (χ4n) is 1.91. The second kappa shape index (κ2) is 8.30. The molecular weight excluding hydrogens is 446 g/mol. The molecule has 0 saturated heterocycles. The molecular formula is C15H21AtN4. The Kier molecular flexibility index (Phi) is 7.07. The van der Waals surface area contributed by atoms with E-state index in [4.69, 9.17) is 11.6 Å². The third-order valence-electron chi connectivity index (χ3n) is 2.79. The molecule has 0 bridgehead atoms. The van der Waals surface area contributed by atoms with Crippen LogP contribution in [0.4, 0.5) is 11.4 Å². The van der Waals surface area contributed by atoms with Crippen LogP contribution in [0.5, 0.6) is 0 Å². The second-order valence-electron chi connectivity index (χ2n) is 4.66. The Morgan fingerprint density at radius 2 is 2.15 bits per heavy atom. The summed E-state index contributed by atoms with van der Waals surface area (Å²) in [6.07, 6.45) is 2.62. The van der Waals surface area contributed by atoms with Crippen molar-refractivity contribution in [2.24, 2.45) is 16.8 Å². The summed E-state index contributed by atoms with van der Waals surface area (Å²) in [5, 5.41) is 1.66. The van der Waals surface area contributed by atoms with Crippen molar-refractivity contribution in [3.8, 4) is 0 Å². The molecule has 20 heavy (non-hydrogen) atoms. The number of aliphatic imine (C=N–C) groups is 1. The molecule has 1 aromatic carbocycles. The SMILES string of the molecule is C=CC(=Nc1ccccc1N)C(CC(=C)[At])CN(C)N. The monoisotopic (exact) mass is 467 g/mol. The maximum atomic E-state index is 5.93. The van der Waals surface area contributed by atoms with Gasteiger partial charge in [0.25, 0.3) is 0 Å². The third kappa shape index (κ3) is 5.53. The van der Waals surface area contributed by atoms with Gasteiger partial charge >= 0.3 is 136 Å². The number of hydrazine groups is 1. The predicted octanol–water partition coefficient (Wildman–Crippen LogP) is 2.40. The number of rotatable bonds is 7. The Bertz CT molecular complexity index is 508. The van der Waals surface area contributed by atoms with E-state index in [2.05, 4.69) is 18.2 Å². The van der Waals surface area contributed by atoms with E-state index in [1.807, 2.05) is 31.3 Å². The zero-order chi connectivity index (χ0) is 15.1. The minimum atomic E-state index is 0.166. The van der Waals surface area contributed by atoms with Gasteiger partial charge in [0.1, 0.15) is 0 Å². The van der Waals surface area contributed by atoms with Crippen LogP contribution in [0, 0.1) is 30.6 Å². The van der Waals surface area contributed by atoms with Crippen LogP contribution >= 0.6 is 0 Å². The average Bonchev–Trinajstić information content (AvgIpc) is 2.36. The van der Waals surface area contributed by atoms with Gasteiger partial charge in [-0.1, -0.05) is 0 Å². The molecule has 4 nitrogen and oxygen atoms in total. The van der Waals surface area contributed by atoms with Crippen molar-refractivity contribution in [3.63, 3.8) is 0 Å². The first-order valence-electron chi connectivity index (χ1n) is 6.28. The molecule has 1 aromatic rings. The molecule has 0 radical (unpaired) electrons. The molecule has 1 unspecified atom stereocenters. The van der Waals surface area contributed by atoms with Gasteiger partial charge in [-0.25, -0.2) is 0 Å². The molecule has 0 aromatic heterocycles. The van der Waals surface area contributed by atoms with Crippen molar-refractivity contribution >= 4 is 17.1 Å². The summed E-state index contributed by atoms with van der Waals surface area (Å²) in [5.74, 6) is 5.95. The van der Waals surface area contributed by atoms with Crippen LogP contribution in [0.1, 0.15) is 6.42 Å². The van der Waals surface area contributed by atoms with Gasteiger partial charge in [0, 0.05) is 0 Å². The number of nitrogen functional groups attached to an aromatic ring is 1. The molecule has 0 aliphatic heterocycles. The minimum absolute atomic E-state index is 0.166. The fraction of sp³-hybridized carbons (Fsp3) is 0.267. The third-order valence-corrected chi connectivity index (χ3v) is 3.39. The van der Waals surface area contributed by atoms with Crippen LogP contribution < -0.4 is 11.6 Å². The van der Waals surface area contributed by atoms with Crippen molar-refractivity contribution < 1.29 is 24.7 Å². The van der Waals surface area contributed by atoms with E-state index in [1.165, 1.54) is 0 Å². The number of nitrogens with two attached hydrogens (primary N) is 2. The normalized spacial score (nSPS) is 13.3. The zero-order valence-corrected chi connectivity index (χ0v) is 14.7. The van der Waals surface area contributed by atoms with Gasteiger partial charge in [0.05, 0.1) is 0 Å². The first-order valence-corrected chi connectivity index (χ1v) is 7.75. The first kappa shape index (κ1) is 17.0. The number of allylic oxidation sites excluding steroid dienone is 2. The summed E-state index contributed by atoms with van der Waals surface area (Å²) < 4.78 is 1.15. The Hall–Kier alpha value is -1.03. The summed E-state index contributed by atoms with van der Waals surface area (Å²) in [4.78, 5) is 4.64. The van der Waals surface area contributed by atoms with Crippen LogP contribution in [-0.4, -0.2) is 24.3 Å². The molecule has 1 atom stereocenters. The quantitative estimate of drug-likeness (QED) is 0.280. The maximum absolute atomic E-state index is 5.93. The number of nitrogens with zero attached hydrogens (tertiary/aromatic N) is 2. The van der Waals surface area contributed by atoms with Crippen molar-refractivity contribution in [2.75, 3.05) is 19.3 Å². The second-order valence-corrected chi connectivity index (χ2v) is 6.74. The summed E-state index contributed by atoms with van der Waals surface area (Å²) in [6.45, 7) is 8.55. The van der Waals surface area contributed by atoms with Crippen LogP contribution in [0.15, 0.2) is 51.8 Å². The van der Waals surface area contributed by atoms with Gasteiger partial charge in [-0.05, 0) is 0 Å². The molecule has 108 valence electrons. The van der Waals surface area contributed by atoms with Gasteiger partial charge in [-0.3, -0.25) is 0 Å². The van der Waals surface area contributed by atoms with Gasteiger partial charge in [-0.15, -0.1) is 0 Å². The standard InChI is InChI=1S/C15H21AtN4/c1-4-14(12(9-11(2)16)10-20(3)18)19-15-8-6-5-7-13(15)17/h4-8,12H,1-2,9-10,17-18H2,3H3. The number of anilines is 1. The molecule has 0 fully saturated rings. The number of para-hydroxylation sites is 2. The Morgan fingerprint density at radius 3 is 2.65 bits per heavy atom. The van der Waals surface area contributed by atoms with E-state index in [9.17, 15) is 0 Å². The van der Waals surface area contributed by atoms with E-state index >= 15 is 0 Å². The molecule has 5 heteroatoms. The zero-order valence-electron chi connectivity index (χ0n) is 11.7. The van der Waals surface area contributed by atoms with Gasteiger partial charge in [0.2, 0.25) is 0 Å². The Morgan fingerprint density at radius 1 is 1.50 bits per heavy atom. The molecule has 4 N–H and O–H groups in total. The molecule has 0 aliphatic rings. The Balaban J connectivity index is 3.09. The molecule has 0 amide bonds. The van der Waals surface area contributed by atoms with Crippen molar-refractivity contribution in [2.45, 2.75) is 6.42 Å². The van der Waals surface area contributed by atoms with E-state index in [1.54, 1.807) is 35.8 Å². The molecule has 0 heterocycles. The van der Waals surface area contributed by atoms with E-state index in [-0.39, 0.29) is 5.92 Å². The molecule has 0 spiro atoms. The fourth-order valence-corrected chi connectivity index (χ4v) is 2.63. The number of hydrogen-bond acceptors (Lipinski definition) is 4. The van der Waals surface area contributed by atoms with E-state index in [0.717, 1.165) is 21.1 Å². The first-order chi connectivity index (χ1) is 9.43. The van der Waals surface area contributed by atoms with Gasteiger partial charge < -0.3 is 0 Å². The van der Waals surface area contributed by atoms with Crippen LogP contribution in [0.3, 0.4) is 0 Å². The van der Waals surface area contributed by atoms with Gasteiger partial charge in [0.15, 0.2) is 0 Å². The number of benzene rings is 1. The summed E-state index contributed by atoms with van der Waals surface area (Å²) in [7, 11) is 1.84. The summed E-state index contributed by atoms with van der Waals surface area (Å²) >= 11 is 1.59. The predicted molar refractivity (Wildman–Crippen MR) is 82.2 cm³/mol. The molecule has 1 rings (SSSR count). The molecule has 0 saturated carbocycles. The molecule has 0 aliphatic carbocycles. The van der Waals surface area contributed by atoms with Crippen molar-refractivity contribution in [1.82, 2.24) is 5.01 Å². The van der Waals surface area contributed by atoms with E-state index < -0.39 is 0 Å². The summed E-state index contributed by atoms with van der Waals surface area (Å²) in [6, 6.07) is 7.54. The average molecular weight is 467 g/mol. The van der Waals surface area contributed by atoms with E-state index in [0.29, 0.717) is 12.2 Å². The van der Waals surface area contributed by atoms with Crippen LogP contribution in [0.2, 0.25) is 0 Å². The van der Waals surface area contributed by atoms with Crippen molar-refractivity contribution in [1.29, 1.82) is 0 Å². The Labute approximate surface area is 136 Å². The van der Waals surface area contributed by atoms with Crippen LogP contribution in [-0.2, 0) is 0 Å².